The summed E-state index contributed by atoms with van der Waals surface area (Å²) >= 11 is 0. The van der Waals surface area contributed by atoms with E-state index < -0.39 is 29.7 Å². The number of amides is 5. The topological polar surface area (TPSA) is 153 Å². The predicted molar refractivity (Wildman–Crippen MR) is 129 cm³/mol. The van der Waals surface area contributed by atoms with Gasteiger partial charge in [-0.25, -0.2) is 0 Å². The minimum atomic E-state index is -1.07. The summed E-state index contributed by atoms with van der Waals surface area (Å²) in [4.78, 5) is 62.7. The number of nitrogens with one attached hydrogen (secondary N) is 2. The van der Waals surface area contributed by atoms with E-state index in [9.17, 15) is 24.0 Å². The molecule has 0 spiro atoms. The first-order valence-corrected chi connectivity index (χ1v) is 12.5. The fourth-order valence-corrected chi connectivity index (χ4v) is 4.35. The zero-order valence-corrected chi connectivity index (χ0v) is 20.7. The lowest BCUT2D eigenvalue weighted by Gasteiger charge is -2.27. The van der Waals surface area contributed by atoms with Crippen molar-refractivity contribution in [3.05, 3.63) is 41.2 Å². The smallest absolute Gasteiger partial charge is 0.266 e. The average Bonchev–Trinajstić information content (AvgIpc) is 3.44. The van der Waals surface area contributed by atoms with Crippen LogP contribution in [0.1, 0.15) is 71.9 Å². The van der Waals surface area contributed by atoms with E-state index in [0.29, 0.717) is 13.1 Å². The van der Waals surface area contributed by atoms with Gasteiger partial charge in [0.05, 0.1) is 16.8 Å². The number of nitrogens with zero attached hydrogens (tertiary/aromatic N) is 4. The second kappa shape index (κ2) is 11.8. The molecule has 0 radical (unpaired) electrons. The zero-order chi connectivity index (χ0) is 26.4. The molecule has 4 rings (SSSR count). The van der Waals surface area contributed by atoms with Gasteiger partial charge in [-0.1, -0.05) is 24.6 Å². The monoisotopic (exact) mass is 510 g/mol. The number of fused-ring (bicyclic) bond motifs is 1. The summed E-state index contributed by atoms with van der Waals surface area (Å²) in [6.07, 6.45) is 6.72. The van der Waals surface area contributed by atoms with Gasteiger partial charge in [0.1, 0.15) is 11.8 Å². The number of hydrogen-bond donors (Lipinski definition) is 2. The van der Waals surface area contributed by atoms with E-state index in [0.717, 1.165) is 42.7 Å². The minimum absolute atomic E-state index is 0.0103. The Bertz CT molecular complexity index is 1210. The highest BCUT2D eigenvalue weighted by molar-refractivity contribution is 6.24. The van der Waals surface area contributed by atoms with Crippen LogP contribution in [-0.2, 0) is 27.3 Å². The molecule has 5 amide bonds. The molecule has 1 fully saturated rings. The third kappa shape index (κ3) is 6.01. The van der Waals surface area contributed by atoms with Crippen LogP contribution in [0.3, 0.4) is 0 Å². The summed E-state index contributed by atoms with van der Waals surface area (Å²) < 4.78 is 7.39. The molecule has 1 saturated heterocycles. The Morgan fingerprint density at radius 1 is 1.16 bits per heavy atom. The lowest BCUT2D eigenvalue weighted by Crippen LogP contribution is -2.54. The number of piperidine rings is 1. The van der Waals surface area contributed by atoms with Gasteiger partial charge in [0, 0.05) is 25.7 Å². The SMILES string of the molecule is CCCCc1cn(CCCCNC(=O)COc2cccc3c2C(=O)N(C2CCC(=O)NC2=O)C3=O)nn1. The van der Waals surface area contributed by atoms with Gasteiger partial charge in [-0.3, -0.25) is 38.9 Å². The maximum Gasteiger partial charge on any atom is 0.266 e. The minimum Gasteiger partial charge on any atom is -0.483 e. The van der Waals surface area contributed by atoms with E-state index in [4.69, 9.17) is 4.74 Å². The molecule has 1 aromatic heterocycles. The van der Waals surface area contributed by atoms with Crippen LogP contribution in [0.2, 0.25) is 0 Å². The molecule has 0 bridgehead atoms. The van der Waals surface area contributed by atoms with Crippen LogP contribution in [-0.4, -0.2) is 68.6 Å². The third-order valence-electron chi connectivity index (χ3n) is 6.30. The Balaban J connectivity index is 1.24. The van der Waals surface area contributed by atoms with Crippen LogP contribution < -0.4 is 15.4 Å². The van der Waals surface area contributed by atoms with Gasteiger partial charge < -0.3 is 10.1 Å². The van der Waals surface area contributed by atoms with Crippen molar-refractivity contribution in [1.82, 2.24) is 30.5 Å². The lowest BCUT2D eigenvalue weighted by molar-refractivity contribution is -0.136. The van der Waals surface area contributed by atoms with E-state index in [2.05, 4.69) is 27.9 Å². The number of carbonyl (C=O) groups excluding carboxylic acids is 5. The summed E-state index contributed by atoms with van der Waals surface area (Å²) in [5.41, 5.74) is 1.09. The average molecular weight is 511 g/mol. The Morgan fingerprint density at radius 2 is 2.00 bits per heavy atom. The van der Waals surface area contributed by atoms with Crippen LogP contribution in [0.5, 0.6) is 5.75 Å². The van der Waals surface area contributed by atoms with E-state index in [1.165, 1.54) is 12.1 Å². The maximum atomic E-state index is 13.1. The van der Waals surface area contributed by atoms with Gasteiger partial charge in [0.15, 0.2) is 6.61 Å². The quantitative estimate of drug-likeness (QED) is 0.317. The highest BCUT2D eigenvalue weighted by atomic mass is 16.5. The predicted octanol–water partition coefficient (Wildman–Crippen LogP) is 0.997. The molecule has 0 saturated carbocycles. The standard InChI is InChI=1S/C25H30N6O6/c1-2-3-7-16-14-30(29-28-16)13-5-4-12-26-21(33)15-37-19-9-6-8-17-22(19)25(36)31(24(17)35)18-10-11-20(32)27-23(18)34/h6,8-9,14,18H,2-5,7,10-13,15H2,1H3,(H,26,33)(H,27,32,34). The summed E-state index contributed by atoms with van der Waals surface area (Å²) in [5.74, 6) is -2.72. The van der Waals surface area contributed by atoms with Crippen LogP contribution in [0, 0.1) is 0 Å². The fourth-order valence-electron chi connectivity index (χ4n) is 4.35. The number of ether oxygens (including phenoxy) is 1. The second-order valence-corrected chi connectivity index (χ2v) is 9.05. The molecule has 196 valence electrons. The molecule has 2 aliphatic heterocycles. The first-order valence-electron chi connectivity index (χ1n) is 12.5. The maximum absolute atomic E-state index is 13.1. The largest absolute Gasteiger partial charge is 0.483 e. The first kappa shape index (κ1) is 26.0. The van der Waals surface area contributed by atoms with Gasteiger partial charge in [0.2, 0.25) is 11.8 Å². The summed E-state index contributed by atoms with van der Waals surface area (Å²) in [5, 5.41) is 13.2. The molecule has 1 unspecified atom stereocenters. The van der Waals surface area contributed by atoms with Crippen LogP contribution in [0.4, 0.5) is 0 Å². The number of hydrogen-bond acceptors (Lipinski definition) is 8. The molecule has 37 heavy (non-hydrogen) atoms. The molecular formula is C25H30N6O6. The lowest BCUT2D eigenvalue weighted by atomic mass is 10.0. The molecule has 2 N–H and O–H groups in total. The normalized spacial score (nSPS) is 17.1. The van der Waals surface area contributed by atoms with Crippen molar-refractivity contribution in [1.29, 1.82) is 0 Å². The summed E-state index contributed by atoms with van der Waals surface area (Å²) in [6, 6.07) is 3.44. The van der Waals surface area contributed by atoms with E-state index in [-0.39, 0.29) is 42.2 Å². The zero-order valence-electron chi connectivity index (χ0n) is 20.7. The van der Waals surface area contributed by atoms with E-state index in [1.807, 2.05) is 10.9 Å². The van der Waals surface area contributed by atoms with Gasteiger partial charge >= 0.3 is 0 Å². The van der Waals surface area contributed by atoms with E-state index in [1.54, 1.807) is 6.07 Å². The van der Waals surface area contributed by atoms with Crippen molar-refractivity contribution in [2.45, 2.75) is 64.5 Å². The summed E-state index contributed by atoms with van der Waals surface area (Å²) in [6.45, 7) is 2.96. The molecule has 2 aliphatic rings. The van der Waals surface area contributed by atoms with Gasteiger partial charge in [-0.05, 0) is 44.2 Å². The highest BCUT2D eigenvalue weighted by Gasteiger charge is 2.46. The van der Waals surface area contributed by atoms with Crippen LogP contribution in [0.25, 0.3) is 0 Å². The molecule has 2 aromatic rings. The van der Waals surface area contributed by atoms with Crippen molar-refractivity contribution >= 4 is 29.5 Å². The number of rotatable bonds is 12. The highest BCUT2D eigenvalue weighted by Crippen LogP contribution is 2.33. The van der Waals surface area contributed by atoms with Crippen molar-refractivity contribution in [2.24, 2.45) is 0 Å². The number of unbranched alkanes of at least 4 members (excludes halogenated alkanes) is 2. The Kier molecular flexibility index (Phi) is 8.26. The Labute approximate surface area is 213 Å². The first-order chi connectivity index (χ1) is 17.9. The van der Waals surface area contributed by atoms with Crippen molar-refractivity contribution in [2.75, 3.05) is 13.2 Å². The van der Waals surface area contributed by atoms with Crippen LogP contribution >= 0.6 is 0 Å². The fraction of sp³-hybridized carbons (Fsp3) is 0.480. The molecule has 1 aromatic carbocycles. The van der Waals surface area contributed by atoms with Crippen LogP contribution in [0.15, 0.2) is 24.4 Å². The Hall–Kier alpha value is -4.09. The van der Waals surface area contributed by atoms with Gasteiger partial charge in [0.25, 0.3) is 17.7 Å². The molecule has 0 aliphatic carbocycles. The Morgan fingerprint density at radius 3 is 2.78 bits per heavy atom. The van der Waals surface area contributed by atoms with Crippen molar-refractivity contribution in [3.8, 4) is 5.75 Å². The van der Waals surface area contributed by atoms with Crippen molar-refractivity contribution in [3.63, 3.8) is 0 Å². The van der Waals surface area contributed by atoms with E-state index >= 15 is 0 Å². The van der Waals surface area contributed by atoms with Gasteiger partial charge in [-0.15, -0.1) is 5.10 Å². The molecule has 1 atom stereocenters. The van der Waals surface area contributed by atoms with Gasteiger partial charge in [-0.2, -0.15) is 0 Å². The molecule has 12 nitrogen and oxygen atoms in total. The number of aromatic nitrogens is 3. The summed E-state index contributed by atoms with van der Waals surface area (Å²) in [7, 11) is 0. The number of carbonyl (C=O) groups is 5. The third-order valence-corrected chi connectivity index (χ3v) is 6.30. The molecule has 12 heteroatoms. The van der Waals surface area contributed by atoms with Crippen molar-refractivity contribution < 1.29 is 28.7 Å². The molecular weight excluding hydrogens is 480 g/mol. The molecule has 3 heterocycles. The number of aryl methyl sites for hydroxylation is 2. The number of imide groups is 2. The number of benzene rings is 1. The second-order valence-electron chi connectivity index (χ2n) is 9.05.